The van der Waals surface area contributed by atoms with Gasteiger partial charge in [-0.3, -0.25) is 4.79 Å². The van der Waals surface area contributed by atoms with E-state index in [1.807, 2.05) is 13.0 Å². The van der Waals surface area contributed by atoms with Gasteiger partial charge in [-0.2, -0.15) is 0 Å². The van der Waals surface area contributed by atoms with Crippen molar-refractivity contribution >= 4 is 5.91 Å². The zero-order valence-electron chi connectivity index (χ0n) is 11.7. The van der Waals surface area contributed by atoms with Gasteiger partial charge in [0.1, 0.15) is 5.75 Å². The lowest BCUT2D eigenvalue weighted by Gasteiger charge is -2.32. The molecule has 0 aliphatic carbocycles. The molecule has 1 aromatic carbocycles. The summed E-state index contributed by atoms with van der Waals surface area (Å²) >= 11 is 0. The van der Waals surface area contributed by atoms with E-state index >= 15 is 0 Å². The first kappa shape index (κ1) is 13.9. The third kappa shape index (κ3) is 2.73. The number of benzene rings is 1. The lowest BCUT2D eigenvalue weighted by molar-refractivity contribution is -0.120. The number of hydrogen-bond donors (Lipinski definition) is 2. The first-order valence-corrected chi connectivity index (χ1v) is 6.73. The molecule has 4 nitrogen and oxygen atoms in total. The van der Waals surface area contributed by atoms with Gasteiger partial charge in [0.25, 0.3) is 0 Å². The predicted molar refractivity (Wildman–Crippen MR) is 75.3 cm³/mol. The Bertz CT molecular complexity index is 473. The highest BCUT2D eigenvalue weighted by Crippen LogP contribution is 2.35. The zero-order valence-corrected chi connectivity index (χ0v) is 11.7. The first-order chi connectivity index (χ1) is 9.11. The van der Waals surface area contributed by atoms with Crippen LogP contribution in [-0.2, 0) is 10.2 Å². The van der Waals surface area contributed by atoms with E-state index < -0.39 is 0 Å². The number of rotatable bonds is 3. The second kappa shape index (κ2) is 5.61. The third-order valence-corrected chi connectivity index (χ3v) is 4.15. The Balaban J connectivity index is 2.34. The second-order valence-electron chi connectivity index (χ2n) is 5.27. The van der Waals surface area contributed by atoms with E-state index in [2.05, 4.69) is 17.4 Å². The van der Waals surface area contributed by atoms with Crippen molar-refractivity contribution in [3.8, 4) is 5.75 Å². The highest BCUT2D eigenvalue weighted by atomic mass is 16.5. The molecule has 1 unspecified atom stereocenters. The van der Waals surface area contributed by atoms with Crippen LogP contribution in [0.3, 0.4) is 0 Å². The molecule has 0 aromatic heterocycles. The smallest absolute Gasteiger partial charge is 0.220 e. The van der Waals surface area contributed by atoms with Crippen molar-refractivity contribution in [2.75, 3.05) is 20.2 Å². The number of nitrogens with one attached hydrogen (secondary N) is 1. The number of aryl methyl sites for hydroxylation is 1. The van der Waals surface area contributed by atoms with Crippen molar-refractivity contribution < 1.29 is 9.53 Å². The summed E-state index contributed by atoms with van der Waals surface area (Å²) in [7, 11) is 1.68. The molecule has 1 atom stereocenters. The summed E-state index contributed by atoms with van der Waals surface area (Å²) in [6.07, 6.45) is 2.24. The Morgan fingerprint density at radius 3 is 2.84 bits per heavy atom. The average Bonchev–Trinajstić information content (AvgIpc) is 2.61. The molecule has 1 aromatic rings. The van der Waals surface area contributed by atoms with E-state index in [4.69, 9.17) is 10.5 Å². The Kier molecular flexibility index (Phi) is 4.10. The van der Waals surface area contributed by atoms with Gasteiger partial charge in [-0.1, -0.05) is 12.1 Å². The molecule has 1 aliphatic heterocycles. The molecule has 1 saturated heterocycles. The molecule has 2 rings (SSSR count). The maximum atomic E-state index is 11.5. The van der Waals surface area contributed by atoms with Crippen molar-refractivity contribution in [1.82, 2.24) is 5.32 Å². The summed E-state index contributed by atoms with van der Waals surface area (Å²) in [5.41, 5.74) is 8.25. The second-order valence-corrected chi connectivity index (χ2v) is 5.27. The van der Waals surface area contributed by atoms with Crippen LogP contribution in [0.15, 0.2) is 18.2 Å². The lowest BCUT2D eigenvalue weighted by Crippen LogP contribution is -2.36. The molecule has 0 spiro atoms. The lowest BCUT2D eigenvalue weighted by atomic mass is 9.74. The standard InChI is InChI=1S/C15H22N2O2/c1-11-9-12(3-4-13(11)19-2)15(10-16)6-5-14(18)17-8-7-15/h3-4,9H,5-8,10,16H2,1-2H3,(H,17,18). The number of nitrogens with two attached hydrogens (primary N) is 1. The van der Waals surface area contributed by atoms with Gasteiger partial charge in [-0.25, -0.2) is 0 Å². The van der Waals surface area contributed by atoms with Crippen LogP contribution in [0.1, 0.15) is 30.4 Å². The molecule has 1 fully saturated rings. The van der Waals surface area contributed by atoms with Crippen LogP contribution >= 0.6 is 0 Å². The van der Waals surface area contributed by atoms with E-state index in [0.29, 0.717) is 19.5 Å². The Morgan fingerprint density at radius 1 is 1.42 bits per heavy atom. The van der Waals surface area contributed by atoms with Crippen LogP contribution in [0.2, 0.25) is 0 Å². The van der Waals surface area contributed by atoms with E-state index in [1.165, 1.54) is 5.56 Å². The maximum Gasteiger partial charge on any atom is 0.220 e. The number of carbonyl (C=O) groups excluding carboxylic acids is 1. The first-order valence-electron chi connectivity index (χ1n) is 6.73. The number of ether oxygens (including phenoxy) is 1. The van der Waals surface area contributed by atoms with Gasteiger partial charge in [0, 0.05) is 24.9 Å². The molecule has 1 heterocycles. The normalized spacial score (nSPS) is 23.6. The minimum absolute atomic E-state index is 0.101. The topological polar surface area (TPSA) is 64.3 Å². The fraction of sp³-hybridized carbons (Fsp3) is 0.533. The van der Waals surface area contributed by atoms with E-state index in [9.17, 15) is 4.79 Å². The largest absolute Gasteiger partial charge is 0.496 e. The van der Waals surface area contributed by atoms with E-state index in [0.717, 1.165) is 24.2 Å². The Labute approximate surface area is 114 Å². The highest BCUT2D eigenvalue weighted by molar-refractivity contribution is 5.76. The van der Waals surface area contributed by atoms with Gasteiger partial charge in [-0.05, 0) is 37.0 Å². The van der Waals surface area contributed by atoms with Crippen LogP contribution < -0.4 is 15.8 Å². The molecule has 1 amide bonds. The summed E-state index contributed by atoms with van der Waals surface area (Å²) in [5.74, 6) is 1.01. The fourth-order valence-corrected chi connectivity index (χ4v) is 2.83. The van der Waals surface area contributed by atoms with Crippen molar-refractivity contribution in [3.05, 3.63) is 29.3 Å². The van der Waals surface area contributed by atoms with Crippen molar-refractivity contribution in [2.24, 2.45) is 5.73 Å². The Morgan fingerprint density at radius 2 is 2.21 bits per heavy atom. The van der Waals surface area contributed by atoms with Crippen molar-refractivity contribution in [2.45, 2.75) is 31.6 Å². The fourth-order valence-electron chi connectivity index (χ4n) is 2.83. The molecule has 3 N–H and O–H groups in total. The summed E-state index contributed by atoms with van der Waals surface area (Å²) in [4.78, 5) is 11.5. The molecule has 0 saturated carbocycles. The molecule has 4 heteroatoms. The van der Waals surface area contributed by atoms with Crippen LogP contribution in [0, 0.1) is 6.92 Å². The third-order valence-electron chi connectivity index (χ3n) is 4.15. The summed E-state index contributed by atoms with van der Waals surface area (Å²) in [6, 6.07) is 6.21. The number of methoxy groups -OCH3 is 1. The van der Waals surface area contributed by atoms with Crippen molar-refractivity contribution in [1.29, 1.82) is 0 Å². The highest BCUT2D eigenvalue weighted by Gasteiger charge is 2.33. The Hall–Kier alpha value is -1.55. The van der Waals surface area contributed by atoms with E-state index in [1.54, 1.807) is 7.11 Å². The zero-order chi connectivity index (χ0) is 13.9. The van der Waals surface area contributed by atoms with Crippen LogP contribution in [0.4, 0.5) is 0 Å². The minimum atomic E-state index is -0.101. The number of hydrogen-bond acceptors (Lipinski definition) is 3. The van der Waals surface area contributed by atoms with Crippen LogP contribution in [-0.4, -0.2) is 26.1 Å². The number of carbonyl (C=O) groups is 1. The molecular formula is C15H22N2O2. The molecular weight excluding hydrogens is 240 g/mol. The van der Waals surface area contributed by atoms with Crippen LogP contribution in [0.25, 0.3) is 0 Å². The molecule has 0 radical (unpaired) electrons. The monoisotopic (exact) mass is 262 g/mol. The number of amides is 1. The van der Waals surface area contributed by atoms with Gasteiger partial charge in [-0.15, -0.1) is 0 Å². The molecule has 104 valence electrons. The van der Waals surface area contributed by atoms with Gasteiger partial charge in [0.05, 0.1) is 7.11 Å². The minimum Gasteiger partial charge on any atom is -0.496 e. The average molecular weight is 262 g/mol. The summed E-state index contributed by atoms with van der Waals surface area (Å²) in [5, 5.41) is 2.92. The van der Waals surface area contributed by atoms with Gasteiger partial charge in [0.15, 0.2) is 0 Å². The maximum absolute atomic E-state index is 11.5. The summed E-state index contributed by atoms with van der Waals surface area (Å²) < 4.78 is 5.30. The van der Waals surface area contributed by atoms with Gasteiger partial charge in [0.2, 0.25) is 5.91 Å². The quantitative estimate of drug-likeness (QED) is 0.867. The van der Waals surface area contributed by atoms with Crippen molar-refractivity contribution in [3.63, 3.8) is 0 Å². The van der Waals surface area contributed by atoms with Crippen LogP contribution in [0.5, 0.6) is 5.75 Å². The summed E-state index contributed by atoms with van der Waals surface area (Å²) in [6.45, 7) is 3.29. The molecule has 19 heavy (non-hydrogen) atoms. The van der Waals surface area contributed by atoms with Gasteiger partial charge < -0.3 is 15.8 Å². The van der Waals surface area contributed by atoms with Gasteiger partial charge >= 0.3 is 0 Å². The SMILES string of the molecule is COc1ccc(C2(CN)CCNC(=O)CC2)cc1C. The predicted octanol–water partition coefficient (Wildman–Crippen LogP) is 1.50. The molecule has 1 aliphatic rings. The van der Waals surface area contributed by atoms with E-state index in [-0.39, 0.29) is 11.3 Å². The molecule has 0 bridgehead atoms.